The molecule has 4 heteroatoms. The van der Waals surface area contributed by atoms with Crippen LogP contribution in [0, 0.1) is 0 Å². The lowest BCUT2D eigenvalue weighted by molar-refractivity contribution is -0.141. The lowest BCUT2D eigenvalue weighted by Gasteiger charge is -2.04. The molecule has 1 N–H and O–H groups in total. The number of hydrogen-bond acceptors (Lipinski definition) is 3. The molecule has 0 heterocycles. The van der Waals surface area contributed by atoms with Crippen LogP contribution in [0.1, 0.15) is 13.8 Å². The summed E-state index contributed by atoms with van der Waals surface area (Å²) < 4.78 is 4.58. The van der Waals surface area contributed by atoms with Crippen LogP contribution in [0.3, 0.4) is 0 Å². The molecule has 0 spiro atoms. The fourth-order valence-electron chi connectivity index (χ4n) is 0.319. The number of aliphatic hydroxyl groups excluding tert-OH is 1. The highest BCUT2D eigenvalue weighted by atomic mass is 35.5. The largest absolute Gasteiger partial charge is 0.460 e. The Balaban J connectivity index is 0. The molecule has 1 atom stereocenters. The molecule has 0 aromatic heterocycles. The van der Waals surface area contributed by atoms with Gasteiger partial charge in [-0.3, -0.25) is 0 Å². The predicted octanol–water partition coefficient (Wildman–Crippen LogP) is 0.908. The zero-order chi connectivity index (χ0) is 8.15. The van der Waals surface area contributed by atoms with Gasteiger partial charge >= 0.3 is 5.97 Å². The zero-order valence-corrected chi connectivity index (χ0v) is 7.48. The van der Waals surface area contributed by atoms with Gasteiger partial charge in [0.1, 0.15) is 6.61 Å². The van der Waals surface area contributed by atoms with Crippen molar-refractivity contribution in [3.05, 3.63) is 12.2 Å². The Morgan fingerprint density at radius 2 is 2.18 bits per heavy atom. The van der Waals surface area contributed by atoms with Crippen molar-refractivity contribution in [2.24, 2.45) is 0 Å². The highest BCUT2D eigenvalue weighted by Gasteiger charge is 2.03. The Labute approximate surface area is 72.5 Å². The van der Waals surface area contributed by atoms with Crippen LogP contribution in [-0.2, 0) is 9.53 Å². The van der Waals surface area contributed by atoms with E-state index in [9.17, 15) is 4.79 Å². The topological polar surface area (TPSA) is 46.5 Å². The normalized spacial score (nSPS) is 11.2. The number of halogens is 1. The van der Waals surface area contributed by atoms with E-state index in [1.54, 1.807) is 13.8 Å². The van der Waals surface area contributed by atoms with Crippen molar-refractivity contribution in [1.82, 2.24) is 0 Å². The summed E-state index contributed by atoms with van der Waals surface area (Å²) in [5.74, 6) is -0.457. The fourth-order valence-corrected chi connectivity index (χ4v) is 0.319. The van der Waals surface area contributed by atoms with Crippen molar-refractivity contribution in [2.45, 2.75) is 20.0 Å². The monoisotopic (exact) mass is 180 g/mol. The van der Waals surface area contributed by atoms with E-state index in [4.69, 9.17) is 5.11 Å². The second-order valence-corrected chi connectivity index (χ2v) is 2.23. The van der Waals surface area contributed by atoms with Gasteiger partial charge in [-0.05, 0) is 13.8 Å². The molecular formula is C7H13ClO3. The van der Waals surface area contributed by atoms with Crippen LogP contribution in [0.25, 0.3) is 0 Å². The van der Waals surface area contributed by atoms with Crippen molar-refractivity contribution < 1.29 is 14.6 Å². The average Bonchev–Trinajstić information content (AvgIpc) is 1.82. The maximum Gasteiger partial charge on any atom is 0.333 e. The quantitative estimate of drug-likeness (QED) is 0.519. The highest BCUT2D eigenvalue weighted by molar-refractivity contribution is 5.86. The Morgan fingerprint density at radius 3 is 2.45 bits per heavy atom. The minimum atomic E-state index is -0.608. The number of esters is 1. The summed E-state index contributed by atoms with van der Waals surface area (Å²) in [6.45, 7) is 6.52. The Kier molecular flexibility index (Phi) is 7.36. The van der Waals surface area contributed by atoms with E-state index in [0.29, 0.717) is 5.57 Å². The molecule has 0 aliphatic heterocycles. The summed E-state index contributed by atoms with van der Waals surface area (Å²) in [4.78, 5) is 10.6. The third-order valence-corrected chi connectivity index (χ3v) is 0.804. The fraction of sp³-hybridized carbons (Fsp3) is 0.571. The van der Waals surface area contributed by atoms with Crippen LogP contribution < -0.4 is 0 Å². The van der Waals surface area contributed by atoms with E-state index in [-0.39, 0.29) is 19.0 Å². The van der Waals surface area contributed by atoms with Crippen molar-refractivity contribution >= 4 is 18.4 Å². The third-order valence-electron chi connectivity index (χ3n) is 0.804. The second-order valence-electron chi connectivity index (χ2n) is 2.23. The first-order chi connectivity index (χ1) is 4.54. The molecule has 1 unspecified atom stereocenters. The van der Waals surface area contributed by atoms with Gasteiger partial charge in [-0.25, -0.2) is 4.79 Å². The summed E-state index contributed by atoms with van der Waals surface area (Å²) in [6, 6.07) is 0. The van der Waals surface area contributed by atoms with Gasteiger partial charge in [0.15, 0.2) is 0 Å². The molecule has 0 bridgehead atoms. The summed E-state index contributed by atoms with van der Waals surface area (Å²) >= 11 is 0. The SMILES string of the molecule is C=C(C)C(=O)OCC(C)O.Cl. The minimum absolute atomic E-state index is 0. The van der Waals surface area contributed by atoms with Gasteiger partial charge < -0.3 is 9.84 Å². The van der Waals surface area contributed by atoms with Crippen LogP contribution in [0.5, 0.6) is 0 Å². The van der Waals surface area contributed by atoms with E-state index >= 15 is 0 Å². The average molecular weight is 181 g/mol. The van der Waals surface area contributed by atoms with Crippen molar-refractivity contribution in [1.29, 1.82) is 0 Å². The van der Waals surface area contributed by atoms with Crippen molar-refractivity contribution in [2.75, 3.05) is 6.61 Å². The van der Waals surface area contributed by atoms with Gasteiger partial charge in [0.25, 0.3) is 0 Å². The van der Waals surface area contributed by atoms with E-state index in [0.717, 1.165) is 0 Å². The summed E-state index contributed by atoms with van der Waals surface area (Å²) in [6.07, 6.45) is -0.608. The Hall–Kier alpha value is -0.540. The number of hydrogen-bond donors (Lipinski definition) is 1. The van der Waals surface area contributed by atoms with Gasteiger partial charge in [0.2, 0.25) is 0 Å². The zero-order valence-electron chi connectivity index (χ0n) is 6.66. The van der Waals surface area contributed by atoms with Gasteiger partial charge in [-0.15, -0.1) is 12.4 Å². The minimum Gasteiger partial charge on any atom is -0.460 e. The predicted molar refractivity (Wildman–Crippen MR) is 44.7 cm³/mol. The van der Waals surface area contributed by atoms with E-state index in [1.807, 2.05) is 0 Å². The molecule has 11 heavy (non-hydrogen) atoms. The van der Waals surface area contributed by atoms with Gasteiger partial charge in [-0.2, -0.15) is 0 Å². The molecule has 0 rings (SSSR count). The molecule has 0 aliphatic rings. The lowest BCUT2D eigenvalue weighted by atomic mass is 10.3. The molecule has 0 radical (unpaired) electrons. The molecule has 0 saturated heterocycles. The maximum absolute atomic E-state index is 10.6. The third kappa shape index (κ3) is 7.36. The van der Waals surface area contributed by atoms with Gasteiger partial charge in [0, 0.05) is 5.57 Å². The lowest BCUT2D eigenvalue weighted by Crippen LogP contribution is -2.15. The molecule has 0 fully saturated rings. The summed E-state index contributed by atoms with van der Waals surface area (Å²) in [5, 5.41) is 8.68. The van der Waals surface area contributed by atoms with Crippen LogP contribution in [0.15, 0.2) is 12.2 Å². The number of ether oxygens (including phenoxy) is 1. The number of carbonyl (C=O) groups excluding carboxylic acids is 1. The molecule has 0 amide bonds. The van der Waals surface area contributed by atoms with Crippen LogP contribution in [0.2, 0.25) is 0 Å². The first-order valence-corrected chi connectivity index (χ1v) is 3.04. The van der Waals surface area contributed by atoms with Crippen molar-refractivity contribution in [3.63, 3.8) is 0 Å². The van der Waals surface area contributed by atoms with E-state index in [1.165, 1.54) is 0 Å². The first-order valence-electron chi connectivity index (χ1n) is 3.04. The molecular weight excluding hydrogens is 168 g/mol. The number of carbonyl (C=O) groups is 1. The highest BCUT2D eigenvalue weighted by Crippen LogP contribution is 1.92. The summed E-state index contributed by atoms with van der Waals surface area (Å²) in [5.41, 5.74) is 0.348. The standard InChI is InChI=1S/C7H12O3.ClH/c1-5(2)7(9)10-4-6(3)8;/h6,8H,1,4H2,2-3H3;1H. The second kappa shape index (κ2) is 6.19. The molecule has 0 aliphatic carbocycles. The molecule has 0 saturated carbocycles. The van der Waals surface area contributed by atoms with E-state index in [2.05, 4.69) is 11.3 Å². The Morgan fingerprint density at radius 1 is 1.73 bits per heavy atom. The number of aliphatic hydroxyl groups is 1. The van der Waals surface area contributed by atoms with Crippen LogP contribution in [-0.4, -0.2) is 23.8 Å². The van der Waals surface area contributed by atoms with E-state index < -0.39 is 12.1 Å². The van der Waals surface area contributed by atoms with Crippen LogP contribution in [0.4, 0.5) is 0 Å². The molecule has 0 aromatic carbocycles. The molecule has 66 valence electrons. The van der Waals surface area contributed by atoms with Gasteiger partial charge in [0.05, 0.1) is 6.10 Å². The first kappa shape index (κ1) is 13.1. The maximum atomic E-state index is 10.6. The molecule has 3 nitrogen and oxygen atoms in total. The smallest absolute Gasteiger partial charge is 0.333 e. The number of rotatable bonds is 3. The summed E-state index contributed by atoms with van der Waals surface area (Å²) in [7, 11) is 0. The van der Waals surface area contributed by atoms with Crippen LogP contribution >= 0.6 is 12.4 Å². The molecule has 0 aromatic rings. The van der Waals surface area contributed by atoms with Gasteiger partial charge in [-0.1, -0.05) is 6.58 Å². The van der Waals surface area contributed by atoms with Crippen molar-refractivity contribution in [3.8, 4) is 0 Å². The Bertz CT molecular complexity index is 143.